The number of alkyl halides is 1. The van der Waals surface area contributed by atoms with Crippen LogP contribution in [0, 0.1) is 5.41 Å². The third-order valence-electron chi connectivity index (χ3n) is 5.49. The molecule has 116 valence electrons. The van der Waals surface area contributed by atoms with E-state index in [1.165, 1.54) is 56.9 Å². The lowest BCUT2D eigenvalue weighted by Gasteiger charge is -2.55. The van der Waals surface area contributed by atoms with Crippen LogP contribution in [0.15, 0.2) is 24.3 Å². The highest BCUT2D eigenvalue weighted by molar-refractivity contribution is 9.09. The number of benzene rings is 1. The van der Waals surface area contributed by atoms with E-state index in [2.05, 4.69) is 47.1 Å². The Labute approximate surface area is 137 Å². The van der Waals surface area contributed by atoms with Crippen molar-refractivity contribution in [2.75, 3.05) is 0 Å². The second-order valence-electron chi connectivity index (χ2n) is 6.85. The summed E-state index contributed by atoms with van der Waals surface area (Å²) in [6.45, 7) is 2.24. The molecule has 0 aromatic heterocycles. The molecule has 2 aliphatic carbocycles. The van der Waals surface area contributed by atoms with Crippen LogP contribution >= 0.6 is 15.9 Å². The van der Waals surface area contributed by atoms with Gasteiger partial charge in [0.25, 0.3) is 0 Å². The van der Waals surface area contributed by atoms with Crippen LogP contribution in [-0.4, -0.2) is 10.9 Å². The van der Waals surface area contributed by atoms with Gasteiger partial charge in [0, 0.05) is 10.2 Å². The smallest absolute Gasteiger partial charge is 0.119 e. The number of unbranched alkanes of at least 4 members (excludes halogenated alkanes) is 1. The maximum absolute atomic E-state index is 6.34. The van der Waals surface area contributed by atoms with Gasteiger partial charge in [-0.25, -0.2) is 0 Å². The largest absolute Gasteiger partial charge is 0.490 e. The van der Waals surface area contributed by atoms with Crippen LogP contribution in [0.2, 0.25) is 0 Å². The van der Waals surface area contributed by atoms with Crippen LogP contribution in [0.3, 0.4) is 0 Å². The topological polar surface area (TPSA) is 9.23 Å². The third-order valence-corrected chi connectivity index (χ3v) is 6.78. The average molecular weight is 351 g/mol. The maximum atomic E-state index is 6.34. The van der Waals surface area contributed by atoms with Gasteiger partial charge in [0.15, 0.2) is 0 Å². The van der Waals surface area contributed by atoms with Crippen LogP contribution in [-0.2, 0) is 6.42 Å². The minimum Gasteiger partial charge on any atom is -0.490 e. The number of aryl methyl sites for hydroxylation is 1. The van der Waals surface area contributed by atoms with Crippen molar-refractivity contribution in [3.8, 4) is 5.75 Å². The van der Waals surface area contributed by atoms with Gasteiger partial charge in [0.2, 0.25) is 0 Å². The molecule has 2 unspecified atom stereocenters. The number of halogens is 1. The standard InChI is InChI=1S/C19H27BrO/c1-2-3-7-15-8-10-16(11-9-15)21-18-14-17(20)19(18)12-5-4-6-13-19/h8-11,17-18H,2-7,12-14H2,1H3. The van der Waals surface area contributed by atoms with Gasteiger partial charge >= 0.3 is 0 Å². The Balaban J connectivity index is 1.61. The molecule has 21 heavy (non-hydrogen) atoms. The molecule has 0 bridgehead atoms. The van der Waals surface area contributed by atoms with Crippen LogP contribution in [0.4, 0.5) is 0 Å². The molecule has 1 aromatic carbocycles. The van der Waals surface area contributed by atoms with Gasteiger partial charge in [-0.3, -0.25) is 0 Å². The van der Waals surface area contributed by atoms with E-state index >= 15 is 0 Å². The molecule has 2 fully saturated rings. The van der Waals surface area contributed by atoms with E-state index in [4.69, 9.17) is 4.74 Å². The van der Waals surface area contributed by atoms with Crippen molar-refractivity contribution >= 4 is 15.9 Å². The van der Waals surface area contributed by atoms with E-state index in [0.717, 1.165) is 12.2 Å². The number of rotatable bonds is 5. The summed E-state index contributed by atoms with van der Waals surface area (Å²) in [6, 6.07) is 8.82. The number of hydrogen-bond acceptors (Lipinski definition) is 1. The molecule has 1 spiro atoms. The molecule has 2 heteroatoms. The lowest BCUT2D eigenvalue weighted by atomic mass is 9.58. The third kappa shape index (κ3) is 3.16. The molecule has 1 nitrogen and oxygen atoms in total. The molecular weight excluding hydrogens is 324 g/mol. The number of hydrogen-bond donors (Lipinski definition) is 0. The summed E-state index contributed by atoms with van der Waals surface area (Å²) in [7, 11) is 0. The zero-order chi connectivity index (χ0) is 14.7. The second-order valence-corrected chi connectivity index (χ2v) is 7.96. The Kier molecular flexibility index (Phi) is 4.93. The molecular formula is C19H27BrO. The van der Waals surface area contributed by atoms with Crippen molar-refractivity contribution in [2.45, 2.75) is 75.6 Å². The van der Waals surface area contributed by atoms with E-state index in [1.54, 1.807) is 0 Å². The first-order valence-electron chi connectivity index (χ1n) is 8.64. The molecule has 3 rings (SSSR count). The predicted molar refractivity (Wildman–Crippen MR) is 92.3 cm³/mol. The van der Waals surface area contributed by atoms with Crippen LogP contribution in [0.25, 0.3) is 0 Å². The Morgan fingerprint density at radius 1 is 1.14 bits per heavy atom. The van der Waals surface area contributed by atoms with E-state index in [-0.39, 0.29) is 0 Å². The first-order chi connectivity index (χ1) is 10.2. The highest BCUT2D eigenvalue weighted by atomic mass is 79.9. The van der Waals surface area contributed by atoms with E-state index in [1.807, 2.05) is 0 Å². The van der Waals surface area contributed by atoms with E-state index < -0.39 is 0 Å². The lowest BCUT2D eigenvalue weighted by molar-refractivity contribution is -0.0601. The zero-order valence-corrected chi connectivity index (χ0v) is 14.7. The summed E-state index contributed by atoms with van der Waals surface area (Å²) in [6.07, 6.45) is 12.1. The van der Waals surface area contributed by atoms with Crippen LogP contribution < -0.4 is 4.74 Å². The first-order valence-corrected chi connectivity index (χ1v) is 9.56. The van der Waals surface area contributed by atoms with Crippen molar-refractivity contribution in [2.24, 2.45) is 5.41 Å². The predicted octanol–water partition coefficient (Wildman–Crippen LogP) is 5.89. The molecule has 0 radical (unpaired) electrons. The molecule has 0 heterocycles. The average Bonchev–Trinajstić information content (AvgIpc) is 2.54. The quantitative estimate of drug-likeness (QED) is 0.601. The maximum Gasteiger partial charge on any atom is 0.119 e. The van der Waals surface area contributed by atoms with Crippen molar-refractivity contribution in [3.63, 3.8) is 0 Å². The SMILES string of the molecule is CCCCc1ccc(OC2CC(Br)C23CCCCC3)cc1. The van der Waals surface area contributed by atoms with Crippen molar-refractivity contribution in [1.29, 1.82) is 0 Å². The van der Waals surface area contributed by atoms with Crippen LogP contribution in [0.1, 0.15) is 63.9 Å². The fourth-order valence-electron chi connectivity index (χ4n) is 3.99. The molecule has 0 N–H and O–H groups in total. The summed E-state index contributed by atoms with van der Waals surface area (Å²) in [5.74, 6) is 1.06. The molecule has 0 saturated heterocycles. The Bertz CT molecular complexity index is 447. The van der Waals surface area contributed by atoms with Crippen LogP contribution in [0.5, 0.6) is 5.75 Å². The fraction of sp³-hybridized carbons (Fsp3) is 0.684. The molecule has 2 atom stereocenters. The van der Waals surface area contributed by atoms with Crippen molar-refractivity contribution < 1.29 is 4.74 Å². The normalized spacial score (nSPS) is 27.3. The van der Waals surface area contributed by atoms with Gasteiger partial charge in [-0.05, 0) is 49.8 Å². The minimum atomic E-state index is 0.416. The molecule has 2 aliphatic rings. The minimum absolute atomic E-state index is 0.416. The highest BCUT2D eigenvalue weighted by Gasteiger charge is 2.55. The Hall–Kier alpha value is -0.500. The second kappa shape index (κ2) is 6.73. The summed E-state index contributed by atoms with van der Waals surface area (Å²) in [4.78, 5) is 0.666. The van der Waals surface area contributed by atoms with Gasteiger partial charge < -0.3 is 4.74 Å². The molecule has 2 saturated carbocycles. The molecule has 0 aliphatic heterocycles. The van der Waals surface area contributed by atoms with Gasteiger partial charge in [0.05, 0.1) is 0 Å². The summed E-state index contributed by atoms with van der Waals surface area (Å²) >= 11 is 3.89. The summed E-state index contributed by atoms with van der Waals surface area (Å²) in [5.41, 5.74) is 1.85. The first kappa shape index (κ1) is 15.4. The van der Waals surface area contributed by atoms with Gasteiger partial charge in [-0.15, -0.1) is 0 Å². The summed E-state index contributed by atoms with van der Waals surface area (Å²) < 4.78 is 6.34. The highest BCUT2D eigenvalue weighted by Crippen LogP contribution is 2.56. The number of ether oxygens (including phenoxy) is 1. The molecule has 0 amide bonds. The summed E-state index contributed by atoms with van der Waals surface area (Å²) in [5, 5.41) is 0. The molecule has 1 aromatic rings. The fourth-order valence-corrected chi connectivity index (χ4v) is 5.08. The van der Waals surface area contributed by atoms with E-state index in [9.17, 15) is 0 Å². The van der Waals surface area contributed by atoms with Crippen molar-refractivity contribution in [3.05, 3.63) is 29.8 Å². The monoisotopic (exact) mass is 350 g/mol. The Morgan fingerprint density at radius 2 is 1.86 bits per heavy atom. The van der Waals surface area contributed by atoms with Gasteiger partial charge in [-0.1, -0.05) is 60.7 Å². The Morgan fingerprint density at radius 3 is 2.48 bits per heavy atom. The van der Waals surface area contributed by atoms with Gasteiger partial charge in [0.1, 0.15) is 11.9 Å². The van der Waals surface area contributed by atoms with Crippen molar-refractivity contribution in [1.82, 2.24) is 0 Å². The zero-order valence-electron chi connectivity index (χ0n) is 13.1. The van der Waals surface area contributed by atoms with E-state index in [0.29, 0.717) is 16.3 Å². The van der Waals surface area contributed by atoms with Gasteiger partial charge in [-0.2, -0.15) is 0 Å². The lowest BCUT2D eigenvalue weighted by Crippen LogP contribution is -2.57.